The first-order valence-electron chi connectivity index (χ1n) is 6.66. The van der Waals surface area contributed by atoms with Gasteiger partial charge in [0.25, 0.3) is 5.91 Å². The van der Waals surface area contributed by atoms with Crippen LogP contribution in [0.5, 0.6) is 0 Å². The first-order valence-corrected chi connectivity index (χ1v) is 7.42. The summed E-state index contributed by atoms with van der Waals surface area (Å²) in [6, 6.07) is 4.53. The molecule has 0 fully saturated rings. The highest BCUT2D eigenvalue weighted by atomic mass is 35.5. The van der Waals surface area contributed by atoms with E-state index in [4.69, 9.17) is 27.7 Å². The summed E-state index contributed by atoms with van der Waals surface area (Å²) in [5.41, 5.74) is 0.350. The number of carbonyl (C=O) groups excluding carboxylic acids is 1. The molecule has 1 heterocycles. The molecule has 0 radical (unpaired) electrons. The zero-order valence-electron chi connectivity index (χ0n) is 11.8. The minimum Gasteiger partial charge on any atom is -0.378 e. The molecule has 0 aliphatic carbocycles. The van der Waals surface area contributed by atoms with Crippen molar-refractivity contribution in [3.8, 4) is 0 Å². The molecule has 2 N–H and O–H groups in total. The molecule has 0 aliphatic heterocycles. The second-order valence-electron chi connectivity index (χ2n) is 4.74. The van der Waals surface area contributed by atoms with Crippen molar-refractivity contribution in [3.63, 3.8) is 0 Å². The summed E-state index contributed by atoms with van der Waals surface area (Å²) < 4.78 is 4.96. The lowest BCUT2D eigenvalue weighted by Gasteiger charge is -2.12. The Morgan fingerprint density at radius 3 is 2.64 bits per heavy atom. The van der Waals surface area contributed by atoms with Crippen LogP contribution in [0.4, 0.5) is 0 Å². The standard InChI is InChI=1S/C14H15Cl2N3O3/c1-8-18-12(22-19-8)3-2-4-17-14(21)13(20)9-5-10(15)7-11(16)6-9/h5-7,13,20H,2-4H2,1H3,(H,17,21). The molecule has 118 valence electrons. The number of aryl methyl sites for hydroxylation is 2. The van der Waals surface area contributed by atoms with Gasteiger partial charge in [-0.05, 0) is 37.1 Å². The first-order chi connectivity index (χ1) is 10.5. The summed E-state index contributed by atoms with van der Waals surface area (Å²) in [5.74, 6) is 0.584. The fourth-order valence-electron chi connectivity index (χ4n) is 1.87. The fraction of sp³-hybridized carbons (Fsp3) is 0.357. The quantitative estimate of drug-likeness (QED) is 0.786. The number of aliphatic hydroxyl groups excluding tert-OH is 1. The third-order valence-electron chi connectivity index (χ3n) is 2.89. The van der Waals surface area contributed by atoms with Gasteiger partial charge in [-0.15, -0.1) is 0 Å². The van der Waals surface area contributed by atoms with Gasteiger partial charge in [-0.2, -0.15) is 4.98 Å². The molecule has 0 spiro atoms. The third-order valence-corrected chi connectivity index (χ3v) is 3.32. The van der Waals surface area contributed by atoms with E-state index in [1.165, 1.54) is 18.2 Å². The highest BCUT2D eigenvalue weighted by Gasteiger charge is 2.18. The monoisotopic (exact) mass is 343 g/mol. The van der Waals surface area contributed by atoms with E-state index < -0.39 is 12.0 Å². The lowest BCUT2D eigenvalue weighted by molar-refractivity contribution is -0.129. The topological polar surface area (TPSA) is 88.2 Å². The molecule has 1 aromatic carbocycles. The van der Waals surface area contributed by atoms with Gasteiger partial charge in [-0.25, -0.2) is 0 Å². The molecular weight excluding hydrogens is 329 g/mol. The van der Waals surface area contributed by atoms with E-state index in [2.05, 4.69) is 15.5 Å². The van der Waals surface area contributed by atoms with Crippen molar-refractivity contribution < 1.29 is 14.4 Å². The molecule has 0 saturated heterocycles. The average molecular weight is 344 g/mol. The highest BCUT2D eigenvalue weighted by molar-refractivity contribution is 6.34. The Hall–Kier alpha value is -1.63. The molecule has 1 atom stereocenters. The first kappa shape index (κ1) is 16.7. The Bertz CT molecular complexity index is 640. The number of hydrogen-bond acceptors (Lipinski definition) is 5. The third kappa shape index (κ3) is 4.69. The van der Waals surface area contributed by atoms with E-state index in [-0.39, 0.29) is 0 Å². The summed E-state index contributed by atoms with van der Waals surface area (Å²) in [6.07, 6.45) is -0.141. The Labute approximate surface area is 137 Å². The number of rotatable bonds is 6. The Morgan fingerprint density at radius 2 is 2.05 bits per heavy atom. The van der Waals surface area contributed by atoms with Gasteiger partial charge in [0.05, 0.1) is 0 Å². The number of benzene rings is 1. The molecule has 0 saturated carbocycles. The van der Waals surface area contributed by atoms with Gasteiger partial charge in [0, 0.05) is 23.0 Å². The van der Waals surface area contributed by atoms with Crippen LogP contribution in [0, 0.1) is 6.92 Å². The Morgan fingerprint density at radius 1 is 1.36 bits per heavy atom. The van der Waals surface area contributed by atoms with E-state index in [0.29, 0.717) is 46.7 Å². The van der Waals surface area contributed by atoms with Gasteiger partial charge < -0.3 is 14.9 Å². The maximum absolute atomic E-state index is 11.9. The summed E-state index contributed by atoms with van der Waals surface area (Å²) >= 11 is 11.7. The second kappa shape index (κ2) is 7.58. The molecule has 2 aromatic rings. The molecule has 1 unspecified atom stereocenters. The maximum atomic E-state index is 11.9. The van der Waals surface area contributed by atoms with Gasteiger partial charge in [-0.3, -0.25) is 4.79 Å². The second-order valence-corrected chi connectivity index (χ2v) is 5.61. The normalized spacial score (nSPS) is 12.2. The number of hydrogen-bond donors (Lipinski definition) is 2. The van der Waals surface area contributed by atoms with E-state index >= 15 is 0 Å². The number of nitrogens with zero attached hydrogens (tertiary/aromatic N) is 2. The SMILES string of the molecule is Cc1noc(CCCNC(=O)C(O)c2cc(Cl)cc(Cl)c2)n1. The van der Waals surface area contributed by atoms with E-state index in [9.17, 15) is 9.90 Å². The van der Waals surface area contributed by atoms with Crippen LogP contribution < -0.4 is 5.32 Å². The Kier molecular flexibility index (Phi) is 5.76. The van der Waals surface area contributed by atoms with Crippen LogP contribution in [0.15, 0.2) is 22.7 Å². The number of amides is 1. The van der Waals surface area contributed by atoms with Crippen molar-refractivity contribution in [2.75, 3.05) is 6.54 Å². The van der Waals surface area contributed by atoms with E-state index in [1.54, 1.807) is 6.92 Å². The number of aliphatic hydroxyl groups is 1. The lowest BCUT2D eigenvalue weighted by atomic mass is 10.1. The number of carbonyl (C=O) groups is 1. The number of nitrogens with one attached hydrogen (secondary N) is 1. The molecule has 1 aromatic heterocycles. The maximum Gasteiger partial charge on any atom is 0.253 e. The van der Waals surface area contributed by atoms with Crippen molar-refractivity contribution in [2.24, 2.45) is 0 Å². The van der Waals surface area contributed by atoms with Crippen LogP contribution in [0.25, 0.3) is 0 Å². The van der Waals surface area contributed by atoms with Crippen molar-refractivity contribution in [2.45, 2.75) is 25.9 Å². The summed E-state index contributed by atoms with van der Waals surface area (Å²) in [7, 11) is 0. The lowest BCUT2D eigenvalue weighted by Crippen LogP contribution is -2.30. The van der Waals surface area contributed by atoms with Crippen molar-refractivity contribution in [3.05, 3.63) is 45.5 Å². The van der Waals surface area contributed by atoms with Crippen LogP contribution in [-0.2, 0) is 11.2 Å². The predicted molar refractivity (Wildman–Crippen MR) is 81.8 cm³/mol. The zero-order chi connectivity index (χ0) is 16.1. The predicted octanol–water partition coefficient (Wildman–Crippen LogP) is 2.47. The van der Waals surface area contributed by atoms with Crippen molar-refractivity contribution in [1.82, 2.24) is 15.5 Å². The van der Waals surface area contributed by atoms with Gasteiger partial charge >= 0.3 is 0 Å². The minimum atomic E-state index is -1.32. The molecule has 1 amide bonds. The molecule has 6 nitrogen and oxygen atoms in total. The molecule has 8 heteroatoms. The molecule has 0 aliphatic rings. The minimum absolute atomic E-state index is 0.350. The summed E-state index contributed by atoms with van der Waals surface area (Å²) in [5, 5.41) is 17.0. The van der Waals surface area contributed by atoms with Crippen molar-refractivity contribution in [1.29, 1.82) is 0 Å². The zero-order valence-corrected chi connectivity index (χ0v) is 13.4. The highest BCUT2D eigenvalue weighted by Crippen LogP contribution is 2.23. The smallest absolute Gasteiger partial charge is 0.253 e. The average Bonchev–Trinajstić information content (AvgIpc) is 2.87. The van der Waals surface area contributed by atoms with Gasteiger partial charge in [-0.1, -0.05) is 28.4 Å². The van der Waals surface area contributed by atoms with Crippen LogP contribution in [0.2, 0.25) is 10.0 Å². The van der Waals surface area contributed by atoms with Gasteiger partial charge in [0.1, 0.15) is 0 Å². The van der Waals surface area contributed by atoms with Gasteiger partial charge in [0.2, 0.25) is 5.89 Å². The molecule has 0 bridgehead atoms. The van der Waals surface area contributed by atoms with Gasteiger partial charge in [0.15, 0.2) is 11.9 Å². The van der Waals surface area contributed by atoms with Crippen LogP contribution in [0.3, 0.4) is 0 Å². The summed E-state index contributed by atoms with van der Waals surface area (Å²) in [6.45, 7) is 2.12. The number of aromatic nitrogens is 2. The largest absolute Gasteiger partial charge is 0.378 e. The molecule has 2 rings (SSSR count). The Balaban J connectivity index is 1.81. The molecule has 22 heavy (non-hydrogen) atoms. The van der Waals surface area contributed by atoms with Crippen LogP contribution in [0.1, 0.15) is 29.8 Å². The van der Waals surface area contributed by atoms with Crippen molar-refractivity contribution >= 4 is 29.1 Å². The fourth-order valence-corrected chi connectivity index (χ4v) is 2.42. The van der Waals surface area contributed by atoms with E-state index in [1.807, 2.05) is 0 Å². The van der Waals surface area contributed by atoms with Crippen LogP contribution >= 0.6 is 23.2 Å². The van der Waals surface area contributed by atoms with E-state index in [0.717, 1.165) is 0 Å². The number of halogens is 2. The molecular formula is C14H15Cl2N3O3. The van der Waals surface area contributed by atoms with Crippen LogP contribution in [-0.4, -0.2) is 27.7 Å². The summed E-state index contributed by atoms with van der Waals surface area (Å²) in [4.78, 5) is 15.9.